The van der Waals surface area contributed by atoms with E-state index in [4.69, 9.17) is 0 Å². The second kappa shape index (κ2) is 5.16. The summed E-state index contributed by atoms with van der Waals surface area (Å²) >= 11 is 1.22. The third-order valence-corrected chi connectivity index (χ3v) is 3.03. The van der Waals surface area contributed by atoms with Gasteiger partial charge in [-0.1, -0.05) is 0 Å². The molecule has 0 saturated carbocycles. The Hall–Kier alpha value is -2.03. The summed E-state index contributed by atoms with van der Waals surface area (Å²) in [5, 5.41) is 2.70. The Morgan fingerprint density at radius 3 is 2.55 bits per heavy atom. The maximum Gasteiger partial charge on any atom is 0.433 e. The van der Waals surface area contributed by atoms with E-state index in [0.717, 1.165) is 4.88 Å². The van der Waals surface area contributed by atoms with Gasteiger partial charge in [0.1, 0.15) is 17.2 Å². The second-order valence-electron chi connectivity index (χ2n) is 3.91. The average molecular weight is 302 g/mol. The molecule has 1 amide bonds. The highest BCUT2D eigenvalue weighted by molar-refractivity contribution is 7.15. The molecule has 2 aromatic rings. The molecule has 0 aliphatic heterocycles. The number of rotatable bonds is 2. The van der Waals surface area contributed by atoms with E-state index in [1.54, 1.807) is 13.1 Å². The van der Waals surface area contributed by atoms with Gasteiger partial charge in [0.15, 0.2) is 5.13 Å². The first-order valence-corrected chi connectivity index (χ1v) is 6.24. The molecule has 9 heteroatoms. The molecule has 1 N–H and O–H groups in total. The minimum Gasteiger partial charge on any atom is -0.296 e. The van der Waals surface area contributed by atoms with Crippen LogP contribution in [0.25, 0.3) is 0 Å². The lowest BCUT2D eigenvalue weighted by molar-refractivity contribution is -0.141. The summed E-state index contributed by atoms with van der Waals surface area (Å²) in [4.78, 5) is 23.6. The van der Waals surface area contributed by atoms with Crippen LogP contribution in [0.15, 0.2) is 12.3 Å². The topological polar surface area (TPSA) is 67.8 Å². The van der Waals surface area contributed by atoms with E-state index in [1.807, 2.05) is 0 Å². The van der Waals surface area contributed by atoms with Gasteiger partial charge in [-0.2, -0.15) is 13.2 Å². The highest BCUT2D eigenvalue weighted by Gasteiger charge is 2.34. The summed E-state index contributed by atoms with van der Waals surface area (Å²) in [5.74, 6) is -0.879. The van der Waals surface area contributed by atoms with Crippen molar-refractivity contribution < 1.29 is 18.0 Å². The fourth-order valence-electron chi connectivity index (χ4n) is 1.40. The number of nitrogens with one attached hydrogen (secondary N) is 1. The zero-order chi connectivity index (χ0) is 14.9. The predicted octanol–water partition coefficient (Wildman–Crippen LogP) is 2.82. The monoisotopic (exact) mass is 302 g/mol. The molecular weight excluding hydrogens is 293 g/mol. The van der Waals surface area contributed by atoms with E-state index in [2.05, 4.69) is 20.3 Å². The van der Waals surface area contributed by atoms with Crippen molar-refractivity contribution in [2.24, 2.45) is 0 Å². The zero-order valence-electron chi connectivity index (χ0n) is 10.4. The smallest absolute Gasteiger partial charge is 0.296 e. The molecule has 0 aliphatic rings. The normalized spacial score (nSPS) is 11.4. The van der Waals surface area contributed by atoms with Crippen molar-refractivity contribution in [2.45, 2.75) is 20.0 Å². The van der Waals surface area contributed by atoms with Crippen LogP contribution in [0.5, 0.6) is 0 Å². The number of halogens is 3. The minimum atomic E-state index is -4.62. The lowest BCUT2D eigenvalue weighted by atomic mass is 10.3. The zero-order valence-corrected chi connectivity index (χ0v) is 11.3. The maximum atomic E-state index is 12.6. The number of thiazole rings is 1. The fraction of sp³-hybridized carbons (Fsp3) is 0.273. The quantitative estimate of drug-likeness (QED) is 0.926. The van der Waals surface area contributed by atoms with Crippen molar-refractivity contribution in [3.05, 3.63) is 34.4 Å². The van der Waals surface area contributed by atoms with Crippen LogP contribution in [0, 0.1) is 13.8 Å². The molecule has 2 rings (SSSR count). The SMILES string of the molecule is Cc1nc(C(=O)Nc2ncc(C)s2)cc(C(F)(F)F)n1. The summed E-state index contributed by atoms with van der Waals surface area (Å²) in [6.45, 7) is 3.09. The van der Waals surface area contributed by atoms with Crippen LogP contribution in [0.2, 0.25) is 0 Å². The van der Waals surface area contributed by atoms with Crippen LogP contribution in [0.1, 0.15) is 26.9 Å². The van der Waals surface area contributed by atoms with Crippen LogP contribution in [0.4, 0.5) is 18.3 Å². The van der Waals surface area contributed by atoms with Crippen molar-refractivity contribution in [3.63, 3.8) is 0 Å². The van der Waals surface area contributed by atoms with Gasteiger partial charge in [-0.3, -0.25) is 10.1 Å². The van der Waals surface area contributed by atoms with E-state index in [1.165, 1.54) is 18.3 Å². The van der Waals surface area contributed by atoms with Crippen molar-refractivity contribution >= 4 is 22.4 Å². The Bertz CT molecular complexity index is 653. The Morgan fingerprint density at radius 2 is 2.00 bits per heavy atom. The Balaban J connectivity index is 2.28. The van der Waals surface area contributed by atoms with Gasteiger partial charge in [0.2, 0.25) is 0 Å². The van der Waals surface area contributed by atoms with E-state index in [0.29, 0.717) is 11.2 Å². The lowest BCUT2D eigenvalue weighted by Crippen LogP contribution is -2.18. The molecule has 106 valence electrons. The van der Waals surface area contributed by atoms with Gasteiger partial charge in [-0.25, -0.2) is 15.0 Å². The summed E-state index contributed by atoms with van der Waals surface area (Å²) in [5.41, 5.74) is -1.50. The van der Waals surface area contributed by atoms with Crippen LogP contribution in [-0.4, -0.2) is 20.9 Å². The molecule has 0 unspecified atom stereocenters. The molecule has 0 atom stereocenters. The van der Waals surface area contributed by atoms with Crippen LogP contribution < -0.4 is 5.32 Å². The number of aryl methyl sites for hydroxylation is 2. The van der Waals surface area contributed by atoms with Gasteiger partial charge < -0.3 is 0 Å². The molecular formula is C11H9F3N4OS. The van der Waals surface area contributed by atoms with Crippen molar-refractivity contribution in [1.29, 1.82) is 0 Å². The number of aromatic nitrogens is 3. The highest BCUT2D eigenvalue weighted by Crippen LogP contribution is 2.28. The lowest BCUT2D eigenvalue weighted by Gasteiger charge is -2.08. The first-order chi connectivity index (χ1) is 9.25. The largest absolute Gasteiger partial charge is 0.433 e. The number of anilines is 1. The van der Waals surface area contributed by atoms with Gasteiger partial charge in [0.05, 0.1) is 0 Å². The second-order valence-corrected chi connectivity index (χ2v) is 5.15. The number of amides is 1. The van der Waals surface area contributed by atoms with Crippen molar-refractivity contribution in [2.75, 3.05) is 5.32 Å². The number of alkyl halides is 3. The Kier molecular flexibility index (Phi) is 3.71. The average Bonchev–Trinajstić information content (AvgIpc) is 2.72. The maximum absolute atomic E-state index is 12.6. The third-order valence-electron chi connectivity index (χ3n) is 2.20. The highest BCUT2D eigenvalue weighted by atomic mass is 32.1. The molecule has 0 aromatic carbocycles. The van der Waals surface area contributed by atoms with Gasteiger partial charge in [0, 0.05) is 17.1 Å². The predicted molar refractivity (Wildman–Crippen MR) is 66.6 cm³/mol. The number of carbonyl (C=O) groups is 1. The molecule has 20 heavy (non-hydrogen) atoms. The van der Waals surface area contributed by atoms with Crippen molar-refractivity contribution in [1.82, 2.24) is 15.0 Å². The summed E-state index contributed by atoms with van der Waals surface area (Å²) in [7, 11) is 0. The van der Waals surface area contributed by atoms with Crippen LogP contribution in [-0.2, 0) is 6.18 Å². The molecule has 0 spiro atoms. The fourth-order valence-corrected chi connectivity index (χ4v) is 2.06. The number of hydrogen-bond acceptors (Lipinski definition) is 5. The third kappa shape index (κ3) is 3.29. The van der Waals surface area contributed by atoms with Crippen molar-refractivity contribution in [3.8, 4) is 0 Å². The van der Waals surface area contributed by atoms with Gasteiger partial charge in [-0.15, -0.1) is 11.3 Å². The number of hydrogen-bond donors (Lipinski definition) is 1. The Morgan fingerprint density at radius 1 is 1.30 bits per heavy atom. The molecule has 5 nitrogen and oxygen atoms in total. The number of nitrogens with zero attached hydrogens (tertiary/aromatic N) is 3. The van der Waals surface area contributed by atoms with E-state index >= 15 is 0 Å². The standard InChI is InChI=1S/C11H9F3N4OS/c1-5-4-15-10(20-5)18-9(19)7-3-8(11(12,13)14)17-6(2)16-7/h3-4H,1-2H3,(H,15,18,19). The molecule has 2 aromatic heterocycles. The summed E-state index contributed by atoms with van der Waals surface area (Å²) in [6.07, 6.45) is -3.08. The molecule has 0 aliphatic carbocycles. The molecule has 0 radical (unpaired) electrons. The molecule has 0 fully saturated rings. The molecule has 0 saturated heterocycles. The van der Waals surface area contributed by atoms with Gasteiger partial charge in [-0.05, 0) is 13.8 Å². The first-order valence-electron chi connectivity index (χ1n) is 5.42. The summed E-state index contributed by atoms with van der Waals surface area (Å²) in [6, 6.07) is 0.614. The van der Waals surface area contributed by atoms with Crippen LogP contribution >= 0.6 is 11.3 Å². The minimum absolute atomic E-state index is 0.125. The summed E-state index contributed by atoms with van der Waals surface area (Å²) < 4.78 is 37.8. The molecule has 2 heterocycles. The Labute approximate surface area is 115 Å². The van der Waals surface area contributed by atoms with Crippen LogP contribution in [0.3, 0.4) is 0 Å². The van der Waals surface area contributed by atoms with E-state index < -0.39 is 17.8 Å². The van der Waals surface area contributed by atoms with Gasteiger partial charge >= 0.3 is 6.18 Å². The van der Waals surface area contributed by atoms with E-state index in [9.17, 15) is 18.0 Å². The number of carbonyl (C=O) groups excluding carboxylic acids is 1. The van der Waals surface area contributed by atoms with Gasteiger partial charge in [0.25, 0.3) is 5.91 Å². The molecule has 0 bridgehead atoms. The first kappa shape index (κ1) is 14.4. The van der Waals surface area contributed by atoms with E-state index in [-0.39, 0.29) is 11.5 Å².